The van der Waals surface area contributed by atoms with E-state index in [4.69, 9.17) is 10.4 Å². The minimum atomic E-state index is -0.796. The van der Waals surface area contributed by atoms with E-state index >= 15 is 0 Å². The largest absolute Gasteiger partial charge is 0.481 e. The summed E-state index contributed by atoms with van der Waals surface area (Å²) < 4.78 is 0. The number of hydrogen-bond donors (Lipinski definition) is 2. The smallest absolute Gasteiger partial charge is 0.303 e. The van der Waals surface area contributed by atoms with Crippen molar-refractivity contribution < 1.29 is 9.90 Å². The monoisotopic (exact) mass is 275 g/mol. The molecular formula is C15H21N3O2. The fourth-order valence-electron chi connectivity index (χ4n) is 2.23. The Morgan fingerprint density at radius 1 is 1.55 bits per heavy atom. The zero-order valence-corrected chi connectivity index (χ0v) is 12.2. The molecule has 0 aromatic carbocycles. The predicted molar refractivity (Wildman–Crippen MR) is 77.4 cm³/mol. The normalized spacial score (nSPS) is 11.9. The molecule has 0 saturated heterocycles. The van der Waals surface area contributed by atoms with Crippen molar-refractivity contribution in [3.63, 3.8) is 0 Å². The molecule has 20 heavy (non-hydrogen) atoms. The zero-order chi connectivity index (χ0) is 15.1. The molecule has 1 atom stereocenters. The first-order valence-electron chi connectivity index (χ1n) is 6.75. The van der Waals surface area contributed by atoms with Gasteiger partial charge in [0, 0.05) is 19.2 Å². The van der Waals surface area contributed by atoms with E-state index in [-0.39, 0.29) is 12.3 Å². The molecule has 5 heteroatoms. The van der Waals surface area contributed by atoms with Gasteiger partial charge in [0.05, 0.1) is 5.56 Å². The highest BCUT2D eigenvalue weighted by Crippen LogP contribution is 2.19. The molecule has 0 fully saturated rings. The SMILES string of the molecule is Cc1ccnc(NCC(CC(=O)O)CC(C)C)c1C#N. The van der Waals surface area contributed by atoms with Crippen LogP contribution in [0.1, 0.15) is 37.8 Å². The van der Waals surface area contributed by atoms with Crippen molar-refractivity contribution >= 4 is 11.8 Å². The van der Waals surface area contributed by atoms with Crippen LogP contribution in [0.2, 0.25) is 0 Å². The third-order valence-electron chi connectivity index (χ3n) is 3.10. The van der Waals surface area contributed by atoms with Gasteiger partial charge in [-0.15, -0.1) is 0 Å². The Kier molecular flexibility index (Phi) is 5.98. The number of nitrogens with one attached hydrogen (secondary N) is 1. The van der Waals surface area contributed by atoms with Crippen molar-refractivity contribution in [1.82, 2.24) is 4.98 Å². The number of hydrogen-bond acceptors (Lipinski definition) is 4. The van der Waals surface area contributed by atoms with Crippen LogP contribution in [0.25, 0.3) is 0 Å². The van der Waals surface area contributed by atoms with Gasteiger partial charge in [-0.05, 0) is 36.8 Å². The number of nitriles is 1. The van der Waals surface area contributed by atoms with Crippen LogP contribution in [-0.2, 0) is 4.79 Å². The Morgan fingerprint density at radius 2 is 2.25 bits per heavy atom. The van der Waals surface area contributed by atoms with Crippen LogP contribution >= 0.6 is 0 Å². The number of carbonyl (C=O) groups is 1. The van der Waals surface area contributed by atoms with E-state index in [1.807, 2.05) is 6.92 Å². The average molecular weight is 275 g/mol. The van der Waals surface area contributed by atoms with Gasteiger partial charge < -0.3 is 10.4 Å². The number of rotatable bonds is 7. The summed E-state index contributed by atoms with van der Waals surface area (Å²) in [6.07, 6.45) is 2.60. The van der Waals surface area contributed by atoms with Gasteiger partial charge in [-0.3, -0.25) is 4.79 Å². The Balaban J connectivity index is 2.74. The van der Waals surface area contributed by atoms with Gasteiger partial charge in [0.2, 0.25) is 0 Å². The maximum atomic E-state index is 10.9. The number of carboxylic acid groups (broad SMARTS) is 1. The summed E-state index contributed by atoms with van der Waals surface area (Å²) in [5.74, 6) is 0.199. The molecule has 0 aliphatic heterocycles. The number of aliphatic carboxylic acids is 1. The van der Waals surface area contributed by atoms with Crippen LogP contribution in [0, 0.1) is 30.1 Å². The number of anilines is 1. The lowest BCUT2D eigenvalue weighted by Gasteiger charge is -2.18. The lowest BCUT2D eigenvalue weighted by Crippen LogP contribution is -2.20. The number of pyridine rings is 1. The fraction of sp³-hybridized carbons (Fsp3) is 0.533. The maximum absolute atomic E-state index is 10.9. The van der Waals surface area contributed by atoms with Crippen LogP contribution in [0.15, 0.2) is 12.3 Å². The second-order valence-electron chi connectivity index (χ2n) is 5.44. The first kappa shape index (κ1) is 16.0. The number of aromatic nitrogens is 1. The minimum absolute atomic E-state index is 0.0290. The number of nitrogens with zero attached hydrogens (tertiary/aromatic N) is 2. The fourth-order valence-corrected chi connectivity index (χ4v) is 2.23. The van der Waals surface area contributed by atoms with Crippen molar-refractivity contribution in [3.8, 4) is 6.07 Å². The summed E-state index contributed by atoms with van der Waals surface area (Å²) in [4.78, 5) is 15.0. The van der Waals surface area contributed by atoms with Crippen molar-refractivity contribution in [2.75, 3.05) is 11.9 Å². The molecule has 0 aliphatic rings. The minimum Gasteiger partial charge on any atom is -0.481 e. The molecule has 1 rings (SSSR count). The Morgan fingerprint density at radius 3 is 2.80 bits per heavy atom. The van der Waals surface area contributed by atoms with Crippen LogP contribution in [0.4, 0.5) is 5.82 Å². The molecule has 0 saturated carbocycles. The van der Waals surface area contributed by atoms with Crippen LogP contribution < -0.4 is 5.32 Å². The first-order valence-corrected chi connectivity index (χ1v) is 6.75. The van der Waals surface area contributed by atoms with Gasteiger partial charge in [-0.1, -0.05) is 13.8 Å². The summed E-state index contributed by atoms with van der Waals surface area (Å²) >= 11 is 0. The Hall–Kier alpha value is -2.09. The van der Waals surface area contributed by atoms with E-state index in [2.05, 4.69) is 30.2 Å². The number of carboxylic acids is 1. The molecule has 0 bridgehead atoms. The highest BCUT2D eigenvalue weighted by atomic mass is 16.4. The number of aryl methyl sites for hydroxylation is 1. The van der Waals surface area contributed by atoms with Gasteiger partial charge in [-0.25, -0.2) is 4.98 Å². The first-order chi connectivity index (χ1) is 9.43. The third-order valence-corrected chi connectivity index (χ3v) is 3.10. The molecule has 5 nitrogen and oxygen atoms in total. The van der Waals surface area contributed by atoms with E-state index in [0.717, 1.165) is 12.0 Å². The van der Waals surface area contributed by atoms with E-state index in [0.29, 0.717) is 23.8 Å². The van der Waals surface area contributed by atoms with Crippen molar-refractivity contribution in [2.45, 2.75) is 33.6 Å². The topological polar surface area (TPSA) is 86.0 Å². The van der Waals surface area contributed by atoms with E-state index in [1.54, 1.807) is 12.3 Å². The Labute approximate surface area is 119 Å². The van der Waals surface area contributed by atoms with E-state index < -0.39 is 5.97 Å². The van der Waals surface area contributed by atoms with Crippen LogP contribution in [0.3, 0.4) is 0 Å². The second-order valence-corrected chi connectivity index (χ2v) is 5.44. The molecule has 1 unspecified atom stereocenters. The van der Waals surface area contributed by atoms with Gasteiger partial charge in [0.15, 0.2) is 0 Å². The molecule has 0 radical (unpaired) electrons. The second kappa shape index (κ2) is 7.49. The molecule has 108 valence electrons. The van der Waals surface area contributed by atoms with Gasteiger partial charge in [0.25, 0.3) is 0 Å². The molecule has 1 heterocycles. The summed E-state index contributed by atoms with van der Waals surface area (Å²) in [5, 5.41) is 21.2. The zero-order valence-electron chi connectivity index (χ0n) is 12.2. The summed E-state index contributed by atoms with van der Waals surface area (Å²) in [7, 11) is 0. The molecule has 1 aromatic rings. The summed E-state index contributed by atoms with van der Waals surface area (Å²) in [6.45, 7) is 6.50. The van der Waals surface area contributed by atoms with Crippen molar-refractivity contribution in [3.05, 3.63) is 23.4 Å². The summed E-state index contributed by atoms with van der Waals surface area (Å²) in [5.41, 5.74) is 1.38. The van der Waals surface area contributed by atoms with Gasteiger partial charge in [0.1, 0.15) is 11.9 Å². The molecule has 0 aliphatic carbocycles. The van der Waals surface area contributed by atoms with Crippen LogP contribution in [-0.4, -0.2) is 22.6 Å². The van der Waals surface area contributed by atoms with Gasteiger partial charge >= 0.3 is 5.97 Å². The van der Waals surface area contributed by atoms with Crippen molar-refractivity contribution in [1.29, 1.82) is 5.26 Å². The van der Waals surface area contributed by atoms with Crippen LogP contribution in [0.5, 0.6) is 0 Å². The molecule has 1 aromatic heterocycles. The highest BCUT2D eigenvalue weighted by molar-refractivity contribution is 5.67. The van der Waals surface area contributed by atoms with E-state index in [9.17, 15) is 4.79 Å². The third kappa shape index (κ3) is 4.88. The maximum Gasteiger partial charge on any atom is 0.303 e. The lowest BCUT2D eigenvalue weighted by atomic mass is 9.94. The summed E-state index contributed by atoms with van der Waals surface area (Å²) in [6, 6.07) is 3.91. The van der Waals surface area contributed by atoms with E-state index in [1.165, 1.54) is 0 Å². The quantitative estimate of drug-likeness (QED) is 0.799. The molecule has 2 N–H and O–H groups in total. The van der Waals surface area contributed by atoms with Crippen molar-refractivity contribution in [2.24, 2.45) is 11.8 Å². The molecule has 0 spiro atoms. The Bertz CT molecular complexity index is 506. The van der Waals surface area contributed by atoms with Gasteiger partial charge in [-0.2, -0.15) is 5.26 Å². The lowest BCUT2D eigenvalue weighted by molar-refractivity contribution is -0.138. The highest BCUT2D eigenvalue weighted by Gasteiger charge is 2.16. The molecular weight excluding hydrogens is 254 g/mol. The molecule has 0 amide bonds. The standard InChI is InChI=1S/C15H21N3O2/c1-10(2)6-12(7-14(19)20)9-18-15-13(8-16)11(3)4-5-17-15/h4-5,10,12H,6-7,9H2,1-3H3,(H,17,18)(H,19,20). The predicted octanol–water partition coefficient (Wildman–Crippen LogP) is 2.81. The average Bonchev–Trinajstić information content (AvgIpc) is 2.34.